The van der Waals surface area contributed by atoms with Crippen LogP contribution in [0.25, 0.3) is 0 Å². The Morgan fingerprint density at radius 1 is 1.47 bits per heavy atom. The average Bonchev–Trinajstić information content (AvgIpc) is 2.27. The molecule has 1 aliphatic heterocycles. The highest BCUT2D eigenvalue weighted by atomic mass is 79.9. The van der Waals surface area contributed by atoms with Gasteiger partial charge < -0.3 is 9.47 Å². The average molecular weight is 271 g/mol. The van der Waals surface area contributed by atoms with Crippen LogP contribution in [0.15, 0.2) is 10.5 Å². The van der Waals surface area contributed by atoms with E-state index >= 15 is 0 Å². The summed E-state index contributed by atoms with van der Waals surface area (Å²) in [4.78, 5) is 11.0. The van der Waals surface area contributed by atoms with Gasteiger partial charge in [-0.1, -0.05) is 6.92 Å². The number of rotatable bonds is 2. The molecule has 80 valence electrons. The van der Waals surface area contributed by atoms with Crippen molar-refractivity contribution in [3.05, 3.63) is 21.7 Å². The standard InChI is InChI=1S/C11H11BrO3/c1-2-7-8(6-13)9(12)5-10-11(7)15-4-3-14-10/h5-6H,2-4H2,1H3. The number of ether oxygens (including phenoxy) is 2. The van der Waals surface area contributed by atoms with E-state index in [-0.39, 0.29) is 0 Å². The van der Waals surface area contributed by atoms with Crippen LogP contribution in [0.5, 0.6) is 11.5 Å². The van der Waals surface area contributed by atoms with Crippen LogP contribution in [0.1, 0.15) is 22.8 Å². The zero-order valence-electron chi connectivity index (χ0n) is 8.38. The zero-order chi connectivity index (χ0) is 10.8. The number of carbonyl (C=O) groups is 1. The van der Waals surface area contributed by atoms with Crippen molar-refractivity contribution in [1.82, 2.24) is 0 Å². The number of fused-ring (bicyclic) bond motifs is 1. The molecule has 3 nitrogen and oxygen atoms in total. The Balaban J connectivity index is 2.64. The molecular formula is C11H11BrO3. The molecule has 0 aromatic heterocycles. The molecule has 0 saturated heterocycles. The van der Waals surface area contributed by atoms with E-state index in [9.17, 15) is 4.79 Å². The Labute approximate surface area is 96.5 Å². The van der Waals surface area contributed by atoms with E-state index in [4.69, 9.17) is 9.47 Å². The molecule has 1 heterocycles. The molecule has 0 unspecified atom stereocenters. The normalized spacial score (nSPS) is 13.7. The zero-order valence-corrected chi connectivity index (χ0v) is 9.96. The van der Waals surface area contributed by atoms with Crippen LogP contribution < -0.4 is 9.47 Å². The van der Waals surface area contributed by atoms with Gasteiger partial charge in [0.15, 0.2) is 17.8 Å². The predicted molar refractivity (Wildman–Crippen MR) is 59.9 cm³/mol. The fourth-order valence-corrected chi connectivity index (χ4v) is 2.25. The molecule has 1 aromatic carbocycles. The lowest BCUT2D eigenvalue weighted by Gasteiger charge is -2.22. The Bertz CT molecular complexity index is 401. The van der Waals surface area contributed by atoms with E-state index < -0.39 is 0 Å². The molecule has 15 heavy (non-hydrogen) atoms. The van der Waals surface area contributed by atoms with Gasteiger partial charge in [-0.3, -0.25) is 4.79 Å². The minimum absolute atomic E-state index is 0.542. The van der Waals surface area contributed by atoms with E-state index in [1.54, 1.807) is 6.07 Å². The number of carbonyl (C=O) groups excluding carboxylic acids is 1. The summed E-state index contributed by atoms with van der Waals surface area (Å²) in [5.74, 6) is 1.43. The lowest BCUT2D eigenvalue weighted by atomic mass is 10.0. The highest BCUT2D eigenvalue weighted by Crippen LogP contribution is 2.39. The van der Waals surface area contributed by atoms with Crippen LogP contribution in [-0.4, -0.2) is 19.5 Å². The molecule has 0 fully saturated rings. The van der Waals surface area contributed by atoms with Gasteiger partial charge in [0.2, 0.25) is 0 Å². The smallest absolute Gasteiger partial charge is 0.165 e. The maximum absolute atomic E-state index is 11.0. The molecule has 0 aliphatic carbocycles. The summed E-state index contributed by atoms with van der Waals surface area (Å²) in [5.41, 5.74) is 1.57. The van der Waals surface area contributed by atoms with Gasteiger partial charge in [-0.15, -0.1) is 0 Å². The second-order valence-electron chi connectivity index (χ2n) is 3.25. The molecule has 1 aliphatic rings. The van der Waals surface area contributed by atoms with Gasteiger partial charge in [-0.2, -0.15) is 0 Å². The summed E-state index contributed by atoms with van der Waals surface area (Å²) in [7, 11) is 0. The highest BCUT2D eigenvalue weighted by molar-refractivity contribution is 9.10. The number of hydrogen-bond donors (Lipinski definition) is 0. The number of benzene rings is 1. The molecule has 0 atom stereocenters. The maximum Gasteiger partial charge on any atom is 0.165 e. The van der Waals surface area contributed by atoms with Crippen molar-refractivity contribution in [3.8, 4) is 11.5 Å². The molecule has 0 bridgehead atoms. The fourth-order valence-electron chi connectivity index (χ4n) is 1.71. The van der Waals surface area contributed by atoms with E-state index in [1.165, 1.54) is 0 Å². The number of aldehydes is 1. The van der Waals surface area contributed by atoms with E-state index in [1.807, 2.05) is 6.92 Å². The number of hydrogen-bond acceptors (Lipinski definition) is 3. The Hall–Kier alpha value is -1.03. The lowest BCUT2D eigenvalue weighted by molar-refractivity contribution is 0.112. The van der Waals surface area contributed by atoms with E-state index in [2.05, 4.69) is 15.9 Å². The molecule has 0 spiro atoms. The van der Waals surface area contributed by atoms with Gasteiger partial charge in [-0.05, 0) is 28.4 Å². The second-order valence-corrected chi connectivity index (χ2v) is 4.10. The molecule has 0 radical (unpaired) electrons. The van der Waals surface area contributed by atoms with E-state index in [0.29, 0.717) is 24.5 Å². The largest absolute Gasteiger partial charge is 0.486 e. The molecule has 1 aromatic rings. The molecular weight excluding hydrogens is 260 g/mol. The highest BCUT2D eigenvalue weighted by Gasteiger charge is 2.20. The SMILES string of the molecule is CCc1c(C=O)c(Br)cc2c1OCCO2. The van der Waals surface area contributed by atoms with Crippen LogP contribution in [0.3, 0.4) is 0 Å². The fraction of sp³-hybridized carbons (Fsp3) is 0.364. The summed E-state index contributed by atoms with van der Waals surface area (Å²) in [6.07, 6.45) is 1.60. The Morgan fingerprint density at radius 3 is 2.87 bits per heavy atom. The van der Waals surface area contributed by atoms with Crippen LogP contribution in [0.4, 0.5) is 0 Å². The topological polar surface area (TPSA) is 35.5 Å². The van der Waals surface area contributed by atoms with Gasteiger partial charge >= 0.3 is 0 Å². The summed E-state index contributed by atoms with van der Waals surface area (Å²) in [5, 5.41) is 0. The first kappa shape index (κ1) is 10.5. The van der Waals surface area contributed by atoms with Crippen molar-refractivity contribution in [1.29, 1.82) is 0 Å². The molecule has 2 rings (SSSR count). The van der Waals surface area contributed by atoms with Crippen molar-refractivity contribution >= 4 is 22.2 Å². The van der Waals surface area contributed by atoms with Crippen LogP contribution in [0, 0.1) is 0 Å². The summed E-state index contributed by atoms with van der Waals surface area (Å²) in [6.45, 7) is 3.09. The first-order valence-corrected chi connectivity index (χ1v) is 5.63. The van der Waals surface area contributed by atoms with Crippen molar-refractivity contribution in [2.24, 2.45) is 0 Å². The van der Waals surface area contributed by atoms with Crippen LogP contribution >= 0.6 is 15.9 Å². The van der Waals surface area contributed by atoms with Crippen molar-refractivity contribution in [3.63, 3.8) is 0 Å². The summed E-state index contributed by atoms with van der Waals surface area (Å²) in [6, 6.07) is 1.79. The Kier molecular flexibility index (Phi) is 2.95. The quantitative estimate of drug-likeness (QED) is 0.775. The molecule has 0 saturated carbocycles. The summed E-state index contributed by atoms with van der Waals surface area (Å²) < 4.78 is 11.8. The third-order valence-corrected chi connectivity index (χ3v) is 3.05. The monoisotopic (exact) mass is 270 g/mol. The molecule has 0 amide bonds. The van der Waals surface area contributed by atoms with Gasteiger partial charge in [0.05, 0.1) is 0 Å². The summed E-state index contributed by atoms with van der Waals surface area (Å²) >= 11 is 3.36. The maximum atomic E-state index is 11.0. The van der Waals surface area contributed by atoms with Gasteiger partial charge in [0, 0.05) is 15.6 Å². The predicted octanol–water partition coefficient (Wildman–Crippen LogP) is 2.60. The lowest BCUT2D eigenvalue weighted by Crippen LogP contribution is -2.17. The molecule has 4 heteroatoms. The van der Waals surface area contributed by atoms with Gasteiger partial charge in [0.1, 0.15) is 13.2 Å². The third kappa shape index (κ3) is 1.74. The second kappa shape index (κ2) is 4.23. The minimum Gasteiger partial charge on any atom is -0.486 e. The van der Waals surface area contributed by atoms with Crippen LogP contribution in [-0.2, 0) is 6.42 Å². The van der Waals surface area contributed by atoms with E-state index in [0.717, 1.165) is 28.5 Å². The number of halogens is 1. The third-order valence-electron chi connectivity index (χ3n) is 2.40. The van der Waals surface area contributed by atoms with Crippen molar-refractivity contribution in [2.45, 2.75) is 13.3 Å². The minimum atomic E-state index is 0.542. The van der Waals surface area contributed by atoms with Gasteiger partial charge in [-0.25, -0.2) is 0 Å². The van der Waals surface area contributed by atoms with Crippen molar-refractivity contribution < 1.29 is 14.3 Å². The van der Waals surface area contributed by atoms with Crippen LogP contribution in [0.2, 0.25) is 0 Å². The first-order valence-electron chi connectivity index (χ1n) is 4.84. The van der Waals surface area contributed by atoms with Crippen molar-refractivity contribution in [2.75, 3.05) is 13.2 Å². The van der Waals surface area contributed by atoms with Gasteiger partial charge in [0.25, 0.3) is 0 Å². The first-order chi connectivity index (χ1) is 7.27. The molecule has 0 N–H and O–H groups in total. The Morgan fingerprint density at radius 2 is 2.20 bits per heavy atom.